The van der Waals surface area contributed by atoms with Crippen LogP contribution in [0, 0.1) is 0 Å². The summed E-state index contributed by atoms with van der Waals surface area (Å²) < 4.78 is 5.90. The van der Waals surface area contributed by atoms with Crippen molar-refractivity contribution in [2.75, 3.05) is 26.7 Å². The van der Waals surface area contributed by atoms with Gasteiger partial charge in [-0.15, -0.1) is 0 Å². The summed E-state index contributed by atoms with van der Waals surface area (Å²) in [5, 5.41) is 0. The largest absolute Gasteiger partial charge is 0.448 e. The summed E-state index contributed by atoms with van der Waals surface area (Å²) in [5.41, 5.74) is 3.53. The fourth-order valence-electron chi connectivity index (χ4n) is 3.90. The molecule has 1 aliphatic heterocycles. The van der Waals surface area contributed by atoms with E-state index in [1.54, 1.807) is 11.2 Å². The molecule has 0 spiro atoms. The quantitative estimate of drug-likeness (QED) is 0.714. The first-order chi connectivity index (χ1) is 13.7. The average molecular weight is 398 g/mol. The molecule has 0 saturated carbocycles. The van der Waals surface area contributed by atoms with Crippen molar-refractivity contribution in [3.05, 3.63) is 53.2 Å². The van der Waals surface area contributed by atoms with Gasteiger partial charge in [0.1, 0.15) is 6.26 Å². The van der Waals surface area contributed by atoms with Gasteiger partial charge in [0.2, 0.25) is 0 Å². The lowest BCUT2D eigenvalue weighted by molar-refractivity contribution is 0.138. The fourth-order valence-corrected chi connectivity index (χ4v) is 3.90. The maximum absolute atomic E-state index is 12.9. The van der Waals surface area contributed by atoms with Crippen LogP contribution in [-0.4, -0.2) is 47.5 Å². The van der Waals surface area contributed by atoms with Crippen molar-refractivity contribution >= 4 is 6.03 Å². The van der Waals surface area contributed by atoms with Gasteiger partial charge in [-0.3, -0.25) is 0 Å². The van der Waals surface area contributed by atoms with Gasteiger partial charge in [-0.25, -0.2) is 9.78 Å². The molecule has 2 amide bonds. The number of hydrogen-bond donors (Lipinski definition) is 0. The molecule has 1 aromatic heterocycles. The van der Waals surface area contributed by atoms with Crippen LogP contribution in [0.2, 0.25) is 0 Å². The molecule has 2 unspecified atom stereocenters. The third kappa shape index (κ3) is 4.82. The van der Waals surface area contributed by atoms with E-state index in [2.05, 4.69) is 52.0 Å². The van der Waals surface area contributed by atoms with E-state index in [0.717, 1.165) is 31.0 Å². The van der Waals surface area contributed by atoms with Crippen LogP contribution in [0.25, 0.3) is 0 Å². The van der Waals surface area contributed by atoms with E-state index in [4.69, 9.17) is 9.40 Å². The Balaban J connectivity index is 1.89. The highest BCUT2D eigenvalue weighted by atomic mass is 16.3. The number of rotatable bonds is 4. The Morgan fingerprint density at radius 3 is 2.38 bits per heavy atom. The van der Waals surface area contributed by atoms with E-state index in [-0.39, 0.29) is 23.3 Å². The monoisotopic (exact) mass is 397 g/mol. The molecule has 1 aromatic carbocycles. The van der Waals surface area contributed by atoms with Gasteiger partial charge in [0.25, 0.3) is 0 Å². The molecule has 0 N–H and O–H groups in total. The summed E-state index contributed by atoms with van der Waals surface area (Å²) in [5.74, 6) is 1.13. The van der Waals surface area contributed by atoms with Gasteiger partial charge in [-0.2, -0.15) is 0 Å². The molecule has 5 heteroatoms. The third-order valence-electron chi connectivity index (χ3n) is 6.02. The summed E-state index contributed by atoms with van der Waals surface area (Å²) in [7, 11) is 1.86. The molecule has 2 aromatic rings. The van der Waals surface area contributed by atoms with Crippen molar-refractivity contribution in [2.24, 2.45) is 0 Å². The van der Waals surface area contributed by atoms with Crippen LogP contribution < -0.4 is 0 Å². The number of amides is 2. The number of carbonyl (C=O) groups is 1. The van der Waals surface area contributed by atoms with Gasteiger partial charge >= 0.3 is 6.03 Å². The van der Waals surface area contributed by atoms with E-state index in [9.17, 15) is 4.79 Å². The number of carbonyl (C=O) groups excluding carboxylic acids is 1. The minimum Gasteiger partial charge on any atom is -0.448 e. The molecule has 1 saturated heterocycles. The minimum absolute atomic E-state index is 0.0518. The van der Waals surface area contributed by atoms with Gasteiger partial charge in [0.15, 0.2) is 5.89 Å². The Hall–Kier alpha value is -2.30. The molecule has 1 aliphatic rings. The van der Waals surface area contributed by atoms with Crippen molar-refractivity contribution in [3.8, 4) is 0 Å². The van der Waals surface area contributed by atoms with Gasteiger partial charge in [0, 0.05) is 38.0 Å². The van der Waals surface area contributed by atoms with Crippen LogP contribution in [0.3, 0.4) is 0 Å². The molecule has 29 heavy (non-hydrogen) atoms. The molecule has 0 bridgehead atoms. The van der Waals surface area contributed by atoms with Crippen LogP contribution in [0.15, 0.2) is 34.9 Å². The van der Waals surface area contributed by atoms with Crippen LogP contribution >= 0.6 is 0 Å². The van der Waals surface area contributed by atoms with E-state index >= 15 is 0 Å². The van der Waals surface area contributed by atoms with Crippen molar-refractivity contribution in [1.29, 1.82) is 0 Å². The lowest BCUT2D eigenvalue weighted by Crippen LogP contribution is -2.47. The Kier molecular flexibility index (Phi) is 6.35. The molecule has 158 valence electrons. The fraction of sp³-hybridized carbons (Fsp3) is 0.583. The minimum atomic E-state index is -0.0518. The van der Waals surface area contributed by atoms with Crippen molar-refractivity contribution < 1.29 is 9.21 Å². The predicted octanol–water partition coefficient (Wildman–Crippen LogP) is 5.18. The van der Waals surface area contributed by atoms with Crippen molar-refractivity contribution in [3.63, 3.8) is 0 Å². The van der Waals surface area contributed by atoms with E-state index in [1.807, 2.05) is 18.9 Å². The third-order valence-corrected chi connectivity index (χ3v) is 6.02. The number of benzene rings is 1. The maximum Gasteiger partial charge on any atom is 0.319 e. The summed E-state index contributed by atoms with van der Waals surface area (Å²) in [6, 6.07) is 8.91. The summed E-state index contributed by atoms with van der Waals surface area (Å²) in [4.78, 5) is 21.5. The molecule has 2 atom stereocenters. The first-order valence-corrected chi connectivity index (χ1v) is 10.8. The Morgan fingerprint density at radius 2 is 1.83 bits per heavy atom. The molecule has 0 aliphatic carbocycles. The molecular weight excluding hydrogens is 362 g/mol. The summed E-state index contributed by atoms with van der Waals surface area (Å²) in [6.07, 6.45) is 3.75. The molecule has 1 fully saturated rings. The lowest BCUT2D eigenvalue weighted by Gasteiger charge is -2.38. The highest BCUT2D eigenvalue weighted by Crippen LogP contribution is 2.37. The highest BCUT2D eigenvalue weighted by Gasteiger charge is 2.35. The van der Waals surface area contributed by atoms with Crippen molar-refractivity contribution in [2.45, 2.75) is 64.7 Å². The maximum atomic E-state index is 12.9. The van der Waals surface area contributed by atoms with Crippen LogP contribution in [-0.2, 0) is 11.8 Å². The van der Waals surface area contributed by atoms with E-state index in [1.165, 1.54) is 11.1 Å². The molecule has 0 radical (unpaired) electrons. The molecule has 3 rings (SSSR count). The lowest BCUT2D eigenvalue weighted by atomic mass is 9.84. The molecule has 2 heterocycles. The van der Waals surface area contributed by atoms with Crippen molar-refractivity contribution in [1.82, 2.24) is 14.8 Å². The molecular formula is C24H35N3O2. The number of nitrogens with zero attached hydrogens (tertiary/aromatic N) is 3. The zero-order chi connectivity index (χ0) is 21.2. The standard InChI is InChI=1S/C24H35N3O2/c1-7-17-9-11-18(12-10-17)19-13-20(15-27(14-19)23(28)26(6)8-2)22-25-21(16-29-22)24(3,4)5/h9-12,16,19-20H,7-8,13-15H2,1-6H3. The van der Waals surface area contributed by atoms with Gasteiger partial charge in [0.05, 0.1) is 11.6 Å². The van der Waals surface area contributed by atoms with Crippen LogP contribution in [0.4, 0.5) is 4.79 Å². The Labute approximate surface area is 175 Å². The predicted molar refractivity (Wildman–Crippen MR) is 116 cm³/mol. The number of piperidine rings is 1. The zero-order valence-electron chi connectivity index (χ0n) is 18.7. The number of likely N-dealkylation sites (tertiary alicyclic amines) is 1. The Bertz CT molecular complexity index is 819. The second-order valence-corrected chi connectivity index (χ2v) is 9.25. The number of urea groups is 1. The Morgan fingerprint density at radius 1 is 1.17 bits per heavy atom. The highest BCUT2D eigenvalue weighted by molar-refractivity contribution is 5.74. The van der Waals surface area contributed by atoms with Crippen LogP contribution in [0.5, 0.6) is 0 Å². The van der Waals surface area contributed by atoms with Gasteiger partial charge in [-0.05, 0) is 30.9 Å². The summed E-state index contributed by atoms with van der Waals surface area (Å²) >= 11 is 0. The summed E-state index contributed by atoms with van der Waals surface area (Å²) in [6.45, 7) is 12.7. The second kappa shape index (κ2) is 8.60. The smallest absolute Gasteiger partial charge is 0.319 e. The normalized spacial score (nSPS) is 20.0. The first-order valence-electron chi connectivity index (χ1n) is 10.8. The first kappa shape index (κ1) is 21.4. The molecule has 5 nitrogen and oxygen atoms in total. The van der Waals surface area contributed by atoms with E-state index < -0.39 is 0 Å². The number of aryl methyl sites for hydroxylation is 1. The second-order valence-electron chi connectivity index (χ2n) is 9.25. The average Bonchev–Trinajstić information content (AvgIpc) is 3.23. The number of hydrogen-bond acceptors (Lipinski definition) is 3. The number of aromatic nitrogens is 1. The van der Waals surface area contributed by atoms with Crippen LogP contribution in [0.1, 0.15) is 75.6 Å². The number of oxazole rings is 1. The van der Waals surface area contributed by atoms with Gasteiger partial charge in [-0.1, -0.05) is 52.0 Å². The topological polar surface area (TPSA) is 49.6 Å². The zero-order valence-corrected chi connectivity index (χ0v) is 18.7. The SMILES string of the molecule is CCc1ccc(C2CC(c3nc(C(C)(C)C)co3)CN(C(=O)N(C)CC)C2)cc1. The van der Waals surface area contributed by atoms with Gasteiger partial charge < -0.3 is 14.2 Å². The van der Waals surface area contributed by atoms with E-state index in [0.29, 0.717) is 13.1 Å².